The van der Waals surface area contributed by atoms with E-state index in [0.717, 1.165) is 13.1 Å². The average Bonchev–Trinajstić information content (AvgIpc) is 2.97. The maximum absolute atomic E-state index is 14.1. The van der Waals surface area contributed by atoms with Gasteiger partial charge in [-0.15, -0.1) is 0 Å². The summed E-state index contributed by atoms with van der Waals surface area (Å²) >= 11 is 0. The zero-order valence-corrected chi connectivity index (χ0v) is 12.7. The van der Waals surface area contributed by atoms with Crippen molar-refractivity contribution in [2.24, 2.45) is 5.41 Å². The van der Waals surface area contributed by atoms with Crippen LogP contribution in [-0.4, -0.2) is 27.8 Å². The first-order valence-electron chi connectivity index (χ1n) is 7.61. The van der Waals surface area contributed by atoms with Crippen molar-refractivity contribution in [1.82, 2.24) is 9.88 Å². The zero-order chi connectivity index (χ0) is 16.1. The summed E-state index contributed by atoms with van der Waals surface area (Å²) in [6.45, 7) is 2.46. The molecule has 120 valence electrons. The summed E-state index contributed by atoms with van der Waals surface area (Å²) in [4.78, 5) is 18.2. The molecule has 2 aliphatic heterocycles. The van der Waals surface area contributed by atoms with E-state index in [4.69, 9.17) is 0 Å². The van der Waals surface area contributed by atoms with E-state index in [1.54, 1.807) is 11.8 Å². The first-order valence-corrected chi connectivity index (χ1v) is 7.61. The molecular formula is C16H19F3N2O. The van der Waals surface area contributed by atoms with Gasteiger partial charge in [0, 0.05) is 19.2 Å². The Balaban J connectivity index is 1.97. The molecule has 0 saturated carbocycles. The van der Waals surface area contributed by atoms with Crippen molar-refractivity contribution in [3.63, 3.8) is 0 Å². The Morgan fingerprint density at radius 1 is 1.41 bits per heavy atom. The van der Waals surface area contributed by atoms with Crippen LogP contribution >= 0.6 is 0 Å². The van der Waals surface area contributed by atoms with Gasteiger partial charge >= 0.3 is 0 Å². The number of aromatic nitrogens is 1. The Hall–Kier alpha value is -1.59. The quantitative estimate of drug-likeness (QED) is 0.852. The van der Waals surface area contributed by atoms with E-state index >= 15 is 0 Å². The van der Waals surface area contributed by atoms with Crippen LogP contribution in [0, 0.1) is 11.2 Å². The fourth-order valence-corrected chi connectivity index (χ4v) is 4.04. The molecule has 2 saturated heterocycles. The van der Waals surface area contributed by atoms with Gasteiger partial charge in [-0.05, 0) is 37.3 Å². The number of rotatable bonds is 3. The summed E-state index contributed by atoms with van der Waals surface area (Å²) in [7, 11) is 0. The maximum Gasteiger partial charge on any atom is 0.259 e. The third-order valence-electron chi connectivity index (χ3n) is 5.29. The fourth-order valence-electron chi connectivity index (χ4n) is 4.04. The van der Waals surface area contributed by atoms with Crippen molar-refractivity contribution in [1.29, 1.82) is 0 Å². The predicted molar refractivity (Wildman–Crippen MR) is 74.8 cm³/mol. The fraction of sp³-hybridized carbons (Fsp3) is 0.625. The van der Waals surface area contributed by atoms with E-state index in [2.05, 4.69) is 4.98 Å². The molecule has 1 aromatic rings. The molecular weight excluding hydrogens is 293 g/mol. The Labute approximate surface area is 127 Å². The topological polar surface area (TPSA) is 33.2 Å². The predicted octanol–water partition coefficient (Wildman–Crippen LogP) is 3.71. The number of nitrogens with zero attached hydrogens (tertiary/aromatic N) is 2. The lowest BCUT2D eigenvalue weighted by atomic mass is 9.76. The normalized spacial score (nSPS) is 31.7. The van der Waals surface area contributed by atoms with Crippen LogP contribution in [0.25, 0.3) is 0 Å². The van der Waals surface area contributed by atoms with Crippen LogP contribution in [0.15, 0.2) is 18.5 Å². The maximum atomic E-state index is 14.1. The lowest BCUT2D eigenvalue weighted by Crippen LogP contribution is -2.46. The van der Waals surface area contributed by atoms with Crippen molar-refractivity contribution in [3.05, 3.63) is 29.8 Å². The highest BCUT2D eigenvalue weighted by Crippen LogP contribution is 2.55. The Morgan fingerprint density at radius 2 is 2.14 bits per heavy atom. The molecule has 2 aliphatic rings. The average molecular weight is 312 g/mol. The van der Waals surface area contributed by atoms with Crippen molar-refractivity contribution < 1.29 is 18.0 Å². The van der Waals surface area contributed by atoms with Gasteiger partial charge in [0.1, 0.15) is 11.2 Å². The Kier molecular flexibility index (Phi) is 3.45. The minimum atomic E-state index is -3.06. The number of fused-ring (bicyclic) bond motifs is 1. The summed E-state index contributed by atoms with van der Waals surface area (Å²) in [5.41, 5.74) is -1.04. The molecule has 22 heavy (non-hydrogen) atoms. The van der Waals surface area contributed by atoms with Crippen LogP contribution in [0.5, 0.6) is 0 Å². The van der Waals surface area contributed by atoms with E-state index < -0.39 is 23.1 Å². The molecule has 1 amide bonds. The van der Waals surface area contributed by atoms with E-state index in [9.17, 15) is 18.0 Å². The van der Waals surface area contributed by atoms with Crippen LogP contribution in [0.4, 0.5) is 13.2 Å². The summed E-state index contributed by atoms with van der Waals surface area (Å²) in [6.07, 6.45) is 4.22. The lowest BCUT2D eigenvalue weighted by Gasteiger charge is -2.33. The summed E-state index contributed by atoms with van der Waals surface area (Å²) in [6, 6.07) is 0.798. The van der Waals surface area contributed by atoms with E-state index in [0.29, 0.717) is 18.4 Å². The number of carbonyl (C=O) groups is 1. The molecule has 3 atom stereocenters. The van der Waals surface area contributed by atoms with E-state index in [1.807, 2.05) is 0 Å². The minimum absolute atomic E-state index is 0.108. The highest BCUT2D eigenvalue weighted by molar-refractivity contribution is 5.87. The molecule has 3 heterocycles. The van der Waals surface area contributed by atoms with Crippen LogP contribution in [-0.2, 0) is 4.79 Å². The molecule has 0 spiro atoms. The minimum Gasteiger partial charge on any atom is -0.332 e. The second-order valence-corrected chi connectivity index (χ2v) is 6.42. The molecule has 0 radical (unpaired) electrons. The molecule has 0 aromatic carbocycles. The largest absolute Gasteiger partial charge is 0.332 e. The summed E-state index contributed by atoms with van der Waals surface area (Å²) in [5, 5.41) is 0. The van der Waals surface area contributed by atoms with Gasteiger partial charge in [-0.2, -0.15) is 0 Å². The van der Waals surface area contributed by atoms with Gasteiger partial charge in [0.15, 0.2) is 0 Å². The molecule has 0 aliphatic carbocycles. The van der Waals surface area contributed by atoms with E-state index in [-0.39, 0.29) is 24.9 Å². The highest BCUT2D eigenvalue weighted by Gasteiger charge is 2.64. The van der Waals surface area contributed by atoms with Gasteiger partial charge < -0.3 is 4.90 Å². The SMILES string of the molecule is CC[C@@]1(C(C)(F)F)C[C@H]2CC[C@H](c3cncc(F)c3)N2C1=O. The molecule has 3 rings (SSSR count). The third-order valence-corrected chi connectivity index (χ3v) is 5.29. The number of hydrogen-bond acceptors (Lipinski definition) is 2. The van der Waals surface area contributed by atoms with Gasteiger partial charge in [0.05, 0.1) is 12.2 Å². The number of halogens is 3. The number of amides is 1. The summed E-state index contributed by atoms with van der Waals surface area (Å²) in [5.74, 6) is -4.04. The molecule has 2 fully saturated rings. The van der Waals surface area contributed by atoms with Crippen molar-refractivity contribution in [2.45, 2.75) is 57.5 Å². The number of carbonyl (C=O) groups excluding carboxylic acids is 1. The molecule has 0 unspecified atom stereocenters. The second kappa shape index (κ2) is 4.96. The second-order valence-electron chi connectivity index (χ2n) is 6.42. The molecule has 0 bridgehead atoms. The first kappa shape index (κ1) is 15.3. The van der Waals surface area contributed by atoms with Gasteiger partial charge in [-0.3, -0.25) is 9.78 Å². The standard InChI is InChI=1S/C16H19F3N2O/c1-3-16(15(2,18)19)7-12-4-5-13(21(12)14(16)22)10-6-11(17)9-20-8-10/h6,8-9,12-13H,3-5,7H2,1-2H3/t12-,13-,16-/m1/s1. The molecule has 3 nitrogen and oxygen atoms in total. The highest BCUT2D eigenvalue weighted by atomic mass is 19.3. The molecule has 0 N–H and O–H groups in total. The van der Waals surface area contributed by atoms with Crippen LogP contribution in [0.2, 0.25) is 0 Å². The number of alkyl halides is 2. The van der Waals surface area contributed by atoms with Gasteiger partial charge in [0.25, 0.3) is 5.92 Å². The molecule has 1 aromatic heterocycles. The van der Waals surface area contributed by atoms with E-state index in [1.165, 1.54) is 12.3 Å². The van der Waals surface area contributed by atoms with Gasteiger partial charge in [-0.25, -0.2) is 13.2 Å². The van der Waals surface area contributed by atoms with Crippen LogP contribution in [0.3, 0.4) is 0 Å². The summed E-state index contributed by atoms with van der Waals surface area (Å²) < 4.78 is 41.6. The number of hydrogen-bond donors (Lipinski definition) is 0. The van der Waals surface area contributed by atoms with Crippen molar-refractivity contribution in [2.75, 3.05) is 0 Å². The van der Waals surface area contributed by atoms with Crippen LogP contribution < -0.4 is 0 Å². The lowest BCUT2D eigenvalue weighted by molar-refractivity contribution is -0.160. The zero-order valence-electron chi connectivity index (χ0n) is 12.7. The van der Waals surface area contributed by atoms with Gasteiger partial charge in [0.2, 0.25) is 5.91 Å². The smallest absolute Gasteiger partial charge is 0.259 e. The third kappa shape index (κ3) is 2.03. The molecule has 6 heteroatoms. The van der Waals surface area contributed by atoms with Crippen LogP contribution in [0.1, 0.15) is 51.1 Å². The van der Waals surface area contributed by atoms with Gasteiger partial charge in [-0.1, -0.05) is 6.92 Å². The first-order chi connectivity index (χ1) is 10.3. The number of pyridine rings is 1. The Morgan fingerprint density at radius 3 is 2.73 bits per heavy atom. The van der Waals surface area contributed by atoms with Crippen molar-refractivity contribution >= 4 is 5.91 Å². The Bertz CT molecular complexity index is 601. The monoisotopic (exact) mass is 312 g/mol. The van der Waals surface area contributed by atoms with Crippen molar-refractivity contribution in [3.8, 4) is 0 Å².